The van der Waals surface area contributed by atoms with Crippen LogP contribution in [0.2, 0.25) is 5.02 Å². The zero-order valence-corrected chi connectivity index (χ0v) is 14.6. The highest BCUT2D eigenvalue weighted by Crippen LogP contribution is 2.38. The Morgan fingerprint density at radius 3 is 2.36 bits per heavy atom. The molecule has 3 aromatic carbocycles. The minimum absolute atomic E-state index is 0.00443. The Labute approximate surface area is 152 Å². The molecule has 0 saturated heterocycles. The van der Waals surface area contributed by atoms with Gasteiger partial charge in [-0.15, -0.1) is 0 Å². The van der Waals surface area contributed by atoms with Crippen molar-refractivity contribution < 1.29 is 4.74 Å². The average molecular weight is 351 g/mol. The van der Waals surface area contributed by atoms with Crippen LogP contribution in [-0.2, 0) is 0 Å². The van der Waals surface area contributed by atoms with E-state index in [0.29, 0.717) is 0 Å². The van der Waals surface area contributed by atoms with Crippen LogP contribution in [0.25, 0.3) is 0 Å². The Bertz CT molecular complexity index is 865. The number of nitrogens with one attached hydrogen (secondary N) is 2. The molecular weight excluding hydrogens is 332 g/mol. The molecule has 126 valence electrons. The van der Waals surface area contributed by atoms with Crippen LogP contribution < -0.4 is 15.4 Å². The SMILES string of the molecule is COc1ccc([C@@H]2Nc3ccc(Cl)cc3[C@@H](c3ccccc3)N2)cc1. The van der Waals surface area contributed by atoms with Crippen LogP contribution in [0.4, 0.5) is 5.69 Å². The molecule has 1 heterocycles. The zero-order valence-electron chi connectivity index (χ0n) is 13.9. The van der Waals surface area contributed by atoms with E-state index in [0.717, 1.165) is 27.6 Å². The van der Waals surface area contributed by atoms with E-state index in [2.05, 4.69) is 47.0 Å². The molecule has 0 amide bonds. The average Bonchev–Trinajstić information content (AvgIpc) is 2.68. The van der Waals surface area contributed by atoms with Crippen LogP contribution in [0.15, 0.2) is 72.8 Å². The molecule has 0 aromatic heterocycles. The molecule has 0 radical (unpaired) electrons. The second-order valence-electron chi connectivity index (χ2n) is 6.09. The fourth-order valence-electron chi connectivity index (χ4n) is 3.25. The first-order valence-electron chi connectivity index (χ1n) is 8.25. The third-order valence-electron chi connectivity index (χ3n) is 4.54. The monoisotopic (exact) mass is 350 g/mol. The molecule has 2 N–H and O–H groups in total. The lowest BCUT2D eigenvalue weighted by Crippen LogP contribution is -2.37. The molecule has 0 unspecified atom stereocenters. The Hall–Kier alpha value is -2.49. The third kappa shape index (κ3) is 3.21. The summed E-state index contributed by atoms with van der Waals surface area (Å²) in [6.45, 7) is 0. The summed E-state index contributed by atoms with van der Waals surface area (Å²) in [5.41, 5.74) is 4.62. The van der Waals surface area contributed by atoms with E-state index >= 15 is 0 Å². The molecule has 3 nitrogen and oxygen atoms in total. The van der Waals surface area contributed by atoms with Crippen molar-refractivity contribution in [2.24, 2.45) is 0 Å². The molecule has 3 aromatic rings. The summed E-state index contributed by atoms with van der Waals surface area (Å²) in [5, 5.41) is 8.01. The predicted molar refractivity (Wildman–Crippen MR) is 102 cm³/mol. The van der Waals surface area contributed by atoms with Crippen LogP contribution in [0.3, 0.4) is 0 Å². The molecule has 4 heteroatoms. The van der Waals surface area contributed by atoms with Gasteiger partial charge in [-0.05, 0) is 47.0 Å². The van der Waals surface area contributed by atoms with E-state index in [-0.39, 0.29) is 12.2 Å². The van der Waals surface area contributed by atoms with Crippen LogP contribution in [0, 0.1) is 0 Å². The van der Waals surface area contributed by atoms with Crippen molar-refractivity contribution in [1.29, 1.82) is 0 Å². The molecule has 0 bridgehead atoms. The number of halogens is 1. The molecular formula is C21H19ClN2O. The number of hydrogen-bond acceptors (Lipinski definition) is 3. The lowest BCUT2D eigenvalue weighted by atomic mass is 9.93. The van der Waals surface area contributed by atoms with Gasteiger partial charge in [-0.25, -0.2) is 0 Å². The van der Waals surface area contributed by atoms with E-state index in [1.54, 1.807) is 7.11 Å². The molecule has 0 fully saturated rings. The number of ether oxygens (including phenoxy) is 1. The summed E-state index contributed by atoms with van der Waals surface area (Å²) in [5.74, 6) is 0.853. The first-order chi connectivity index (χ1) is 12.2. The first-order valence-corrected chi connectivity index (χ1v) is 8.63. The number of methoxy groups -OCH3 is 1. The lowest BCUT2D eigenvalue weighted by Gasteiger charge is -2.35. The van der Waals surface area contributed by atoms with Gasteiger partial charge in [0.05, 0.1) is 13.2 Å². The van der Waals surface area contributed by atoms with Crippen molar-refractivity contribution in [1.82, 2.24) is 5.32 Å². The smallest absolute Gasteiger partial charge is 0.118 e. The molecule has 0 aliphatic carbocycles. The lowest BCUT2D eigenvalue weighted by molar-refractivity contribution is 0.414. The number of rotatable bonds is 3. The summed E-state index contributed by atoms with van der Waals surface area (Å²) >= 11 is 6.25. The molecule has 4 rings (SSSR count). The normalized spacial score (nSPS) is 19.0. The molecule has 1 aliphatic heterocycles. The van der Waals surface area contributed by atoms with Crippen LogP contribution >= 0.6 is 11.6 Å². The van der Waals surface area contributed by atoms with Gasteiger partial charge in [-0.2, -0.15) is 0 Å². The van der Waals surface area contributed by atoms with Crippen molar-refractivity contribution in [3.05, 3.63) is 94.5 Å². The second kappa shape index (κ2) is 6.79. The maximum Gasteiger partial charge on any atom is 0.118 e. The minimum Gasteiger partial charge on any atom is -0.497 e. The molecule has 0 spiro atoms. The van der Waals surface area contributed by atoms with E-state index in [1.807, 2.05) is 36.4 Å². The van der Waals surface area contributed by atoms with Crippen molar-refractivity contribution in [2.75, 3.05) is 12.4 Å². The molecule has 0 saturated carbocycles. The third-order valence-corrected chi connectivity index (χ3v) is 4.77. The van der Waals surface area contributed by atoms with Gasteiger partial charge in [-0.3, -0.25) is 5.32 Å². The van der Waals surface area contributed by atoms with Crippen molar-refractivity contribution >= 4 is 17.3 Å². The fourth-order valence-corrected chi connectivity index (χ4v) is 3.44. The minimum atomic E-state index is 0.00443. The topological polar surface area (TPSA) is 33.3 Å². The van der Waals surface area contributed by atoms with E-state index in [1.165, 1.54) is 5.56 Å². The van der Waals surface area contributed by atoms with Gasteiger partial charge in [0.2, 0.25) is 0 Å². The molecule has 1 aliphatic rings. The van der Waals surface area contributed by atoms with Crippen LogP contribution in [0.1, 0.15) is 28.9 Å². The largest absolute Gasteiger partial charge is 0.497 e. The van der Waals surface area contributed by atoms with Gasteiger partial charge in [0, 0.05) is 10.7 Å². The highest BCUT2D eigenvalue weighted by atomic mass is 35.5. The van der Waals surface area contributed by atoms with Gasteiger partial charge < -0.3 is 10.1 Å². The second-order valence-corrected chi connectivity index (χ2v) is 6.53. The van der Waals surface area contributed by atoms with Gasteiger partial charge in [0.25, 0.3) is 0 Å². The van der Waals surface area contributed by atoms with E-state index < -0.39 is 0 Å². The maximum absolute atomic E-state index is 6.25. The highest BCUT2D eigenvalue weighted by Gasteiger charge is 2.27. The Balaban J connectivity index is 1.74. The highest BCUT2D eigenvalue weighted by molar-refractivity contribution is 6.30. The number of benzene rings is 3. The summed E-state index contributed by atoms with van der Waals surface area (Å²) in [7, 11) is 1.68. The van der Waals surface area contributed by atoms with Gasteiger partial charge >= 0.3 is 0 Å². The quantitative estimate of drug-likeness (QED) is 0.685. The number of fused-ring (bicyclic) bond motifs is 1. The van der Waals surface area contributed by atoms with Gasteiger partial charge in [0.1, 0.15) is 11.9 Å². The fraction of sp³-hybridized carbons (Fsp3) is 0.143. The summed E-state index contributed by atoms with van der Waals surface area (Å²) in [6, 6.07) is 24.6. The number of anilines is 1. The van der Waals surface area contributed by atoms with Crippen molar-refractivity contribution in [3.8, 4) is 5.75 Å². The summed E-state index contributed by atoms with van der Waals surface area (Å²) in [4.78, 5) is 0. The van der Waals surface area contributed by atoms with Crippen LogP contribution in [0.5, 0.6) is 5.75 Å². The van der Waals surface area contributed by atoms with Crippen LogP contribution in [-0.4, -0.2) is 7.11 Å². The maximum atomic E-state index is 6.25. The Morgan fingerprint density at radius 2 is 1.64 bits per heavy atom. The number of hydrogen-bond donors (Lipinski definition) is 2. The van der Waals surface area contributed by atoms with Crippen molar-refractivity contribution in [3.63, 3.8) is 0 Å². The van der Waals surface area contributed by atoms with Crippen molar-refractivity contribution in [2.45, 2.75) is 12.2 Å². The predicted octanol–water partition coefficient (Wildman–Crippen LogP) is 5.15. The summed E-state index contributed by atoms with van der Waals surface area (Å²) in [6.07, 6.45) is 0.00443. The van der Waals surface area contributed by atoms with Gasteiger partial charge in [0.15, 0.2) is 0 Å². The molecule has 2 atom stereocenters. The molecule has 25 heavy (non-hydrogen) atoms. The summed E-state index contributed by atoms with van der Waals surface area (Å²) < 4.78 is 5.26. The van der Waals surface area contributed by atoms with E-state index in [9.17, 15) is 0 Å². The Kier molecular flexibility index (Phi) is 4.35. The van der Waals surface area contributed by atoms with Gasteiger partial charge in [-0.1, -0.05) is 54.1 Å². The Morgan fingerprint density at radius 1 is 0.880 bits per heavy atom. The zero-order chi connectivity index (χ0) is 17.2. The first kappa shape index (κ1) is 16.0. The standard InChI is InChI=1S/C21H19ClN2O/c1-25-17-10-7-15(8-11-17)21-23-19-12-9-16(22)13-18(19)20(24-21)14-5-3-2-4-6-14/h2-13,20-21,23-24H,1H3/t20-,21-/m1/s1. The van der Waals surface area contributed by atoms with E-state index in [4.69, 9.17) is 16.3 Å².